The van der Waals surface area contributed by atoms with Gasteiger partial charge in [-0.3, -0.25) is 10.4 Å². The van der Waals surface area contributed by atoms with Gasteiger partial charge < -0.3 is 14.4 Å². The van der Waals surface area contributed by atoms with Crippen LogP contribution in [0.1, 0.15) is 6.92 Å². The van der Waals surface area contributed by atoms with Gasteiger partial charge >= 0.3 is 5.97 Å². The van der Waals surface area contributed by atoms with Gasteiger partial charge in [0.2, 0.25) is 16.7 Å². The first-order valence-corrected chi connectivity index (χ1v) is 7.97. The van der Waals surface area contributed by atoms with Crippen LogP contribution in [-0.2, 0) is 14.3 Å². The fraction of sp³-hybridized carbons (Fsp3) is 0.692. The molecule has 0 aliphatic carbocycles. The molecule has 0 amide bonds. The van der Waals surface area contributed by atoms with Crippen LogP contribution in [0.25, 0.3) is 0 Å². The van der Waals surface area contributed by atoms with Gasteiger partial charge in [-0.2, -0.15) is 15.0 Å². The number of aliphatic imine (C=N–C) groups is 2. The third-order valence-corrected chi connectivity index (χ3v) is 4.84. The van der Waals surface area contributed by atoms with Gasteiger partial charge in [-0.05, 0) is 19.1 Å². The first-order valence-electron chi connectivity index (χ1n) is 7.56. The number of carbonyl (C=O) groups excluding carboxylic acids is 1. The van der Waals surface area contributed by atoms with Crippen molar-refractivity contribution in [3.05, 3.63) is 0 Å². The van der Waals surface area contributed by atoms with Crippen molar-refractivity contribution < 1.29 is 14.3 Å². The standard InChI is InChI=1S/C13H21N7O3S/c1-13(9(21)22-4)18(3)17(2)12(24)15-10-14-11(16-20(10)13)19-5-7-23-8-6-19/h5-8H2,1-4H3,(H,14,15,16,24). The largest absolute Gasteiger partial charge is 0.466 e. The fourth-order valence-corrected chi connectivity index (χ4v) is 2.96. The van der Waals surface area contributed by atoms with Crippen LogP contribution in [0.2, 0.25) is 0 Å². The Morgan fingerprint density at radius 1 is 1.33 bits per heavy atom. The molecular formula is C13H21N7O3S. The normalized spacial score (nSPS) is 28.0. The molecule has 3 rings (SSSR count). The topological polar surface area (TPSA) is 85.2 Å². The number of guanidine groups is 2. The monoisotopic (exact) mass is 355 g/mol. The predicted molar refractivity (Wildman–Crippen MR) is 90.8 cm³/mol. The number of methoxy groups -OCH3 is 1. The minimum absolute atomic E-state index is 0.305. The molecule has 3 heterocycles. The molecule has 1 fully saturated rings. The predicted octanol–water partition coefficient (Wildman–Crippen LogP) is -1.18. The number of hydrogen-bond donors (Lipinski definition) is 1. The second kappa shape index (κ2) is 6.15. The Labute approximate surface area is 145 Å². The number of nitrogens with one attached hydrogen (secondary N) is 1. The van der Waals surface area contributed by atoms with Crippen molar-refractivity contribution in [3.63, 3.8) is 0 Å². The first-order chi connectivity index (χ1) is 11.4. The highest BCUT2D eigenvalue weighted by atomic mass is 32.1. The van der Waals surface area contributed by atoms with Crippen LogP contribution in [0.4, 0.5) is 0 Å². The van der Waals surface area contributed by atoms with E-state index in [0.29, 0.717) is 43.3 Å². The van der Waals surface area contributed by atoms with Crippen molar-refractivity contribution in [1.82, 2.24) is 25.4 Å². The summed E-state index contributed by atoms with van der Waals surface area (Å²) >= 11 is 5.32. The van der Waals surface area contributed by atoms with E-state index in [9.17, 15) is 4.79 Å². The van der Waals surface area contributed by atoms with E-state index in [1.165, 1.54) is 7.11 Å². The Kier molecular flexibility index (Phi) is 4.32. The number of carbonyl (C=O) groups is 1. The maximum atomic E-state index is 12.6. The molecule has 10 nitrogen and oxygen atoms in total. The Bertz CT molecular complexity index is 619. The Hall–Kier alpha value is -1.98. The fourth-order valence-electron chi connectivity index (χ4n) is 2.75. The molecule has 0 bridgehead atoms. The Morgan fingerprint density at radius 3 is 2.62 bits per heavy atom. The van der Waals surface area contributed by atoms with E-state index in [1.807, 2.05) is 4.90 Å². The van der Waals surface area contributed by atoms with Crippen molar-refractivity contribution in [1.29, 1.82) is 0 Å². The maximum Gasteiger partial charge on any atom is 0.350 e. The molecule has 24 heavy (non-hydrogen) atoms. The van der Waals surface area contributed by atoms with Crippen LogP contribution in [0.5, 0.6) is 0 Å². The van der Waals surface area contributed by atoms with E-state index in [2.05, 4.69) is 15.4 Å². The Morgan fingerprint density at radius 2 is 2.00 bits per heavy atom. The van der Waals surface area contributed by atoms with Crippen molar-refractivity contribution >= 4 is 35.2 Å². The molecule has 1 N–H and O–H groups in total. The van der Waals surface area contributed by atoms with Crippen molar-refractivity contribution in [2.45, 2.75) is 12.6 Å². The number of esters is 1. The highest BCUT2D eigenvalue weighted by Crippen LogP contribution is 2.27. The zero-order valence-corrected chi connectivity index (χ0v) is 15.0. The van der Waals surface area contributed by atoms with Crippen molar-refractivity contribution in [2.75, 3.05) is 47.5 Å². The highest BCUT2D eigenvalue weighted by Gasteiger charge is 2.53. The van der Waals surface area contributed by atoms with E-state index in [0.717, 1.165) is 0 Å². The number of morpholine rings is 1. The zero-order valence-electron chi connectivity index (χ0n) is 14.1. The van der Waals surface area contributed by atoms with Gasteiger partial charge in [0.1, 0.15) is 0 Å². The first kappa shape index (κ1) is 16.9. The second-order valence-electron chi connectivity index (χ2n) is 5.74. The van der Waals surface area contributed by atoms with Crippen molar-refractivity contribution in [2.24, 2.45) is 9.98 Å². The highest BCUT2D eigenvalue weighted by molar-refractivity contribution is 7.80. The summed E-state index contributed by atoms with van der Waals surface area (Å²) in [6.45, 7) is 4.40. The lowest BCUT2D eigenvalue weighted by molar-refractivity contribution is -0.176. The van der Waals surface area contributed by atoms with Crippen LogP contribution in [0.3, 0.4) is 0 Å². The number of likely N-dealkylation sites (N-methyl/N-ethyl adjacent to an activating group) is 1. The summed E-state index contributed by atoms with van der Waals surface area (Å²) in [5.41, 5.74) is 1.97. The molecule has 1 unspecified atom stereocenters. The van der Waals surface area contributed by atoms with E-state index in [1.54, 1.807) is 36.0 Å². The van der Waals surface area contributed by atoms with Gasteiger partial charge in [-0.1, -0.05) is 0 Å². The molecule has 0 saturated carbocycles. The Balaban J connectivity index is 1.99. The lowest BCUT2D eigenvalue weighted by atomic mass is 10.2. The lowest BCUT2D eigenvalue weighted by Gasteiger charge is -2.44. The molecular weight excluding hydrogens is 334 g/mol. The lowest BCUT2D eigenvalue weighted by Crippen LogP contribution is -2.69. The summed E-state index contributed by atoms with van der Waals surface area (Å²) in [4.78, 5) is 23.5. The van der Waals surface area contributed by atoms with Crippen LogP contribution in [-0.4, -0.2) is 96.1 Å². The SMILES string of the molecule is COC(=O)C1(C)N2NC(N3CCOCC3)=NC2=NC(=S)N(C)N1C. The van der Waals surface area contributed by atoms with E-state index in [-0.39, 0.29) is 0 Å². The second-order valence-corrected chi connectivity index (χ2v) is 6.10. The third-order valence-electron chi connectivity index (χ3n) is 4.49. The molecule has 0 aromatic carbocycles. The van der Waals surface area contributed by atoms with Gasteiger partial charge in [0.15, 0.2) is 0 Å². The smallest absolute Gasteiger partial charge is 0.350 e. The molecule has 0 spiro atoms. The summed E-state index contributed by atoms with van der Waals surface area (Å²) in [6, 6.07) is 0. The van der Waals surface area contributed by atoms with Gasteiger partial charge in [-0.25, -0.2) is 9.80 Å². The van der Waals surface area contributed by atoms with Crippen LogP contribution >= 0.6 is 12.2 Å². The number of fused-ring (bicyclic) bond motifs is 1. The molecule has 11 heteroatoms. The average Bonchev–Trinajstić information content (AvgIpc) is 3.01. The number of hydrazine groups is 2. The summed E-state index contributed by atoms with van der Waals surface area (Å²) < 4.78 is 10.4. The van der Waals surface area contributed by atoms with E-state index < -0.39 is 11.6 Å². The number of thiocarbonyl (C=S) groups is 1. The molecule has 0 aromatic heterocycles. The van der Waals surface area contributed by atoms with Crippen LogP contribution in [0.15, 0.2) is 9.98 Å². The number of ether oxygens (including phenoxy) is 2. The maximum absolute atomic E-state index is 12.6. The molecule has 3 aliphatic rings. The molecule has 0 aromatic rings. The van der Waals surface area contributed by atoms with Gasteiger partial charge in [0.05, 0.1) is 20.3 Å². The van der Waals surface area contributed by atoms with Gasteiger partial charge in [0.25, 0.3) is 5.96 Å². The van der Waals surface area contributed by atoms with E-state index in [4.69, 9.17) is 21.7 Å². The number of nitrogens with zero attached hydrogens (tertiary/aromatic N) is 6. The molecule has 0 radical (unpaired) electrons. The van der Waals surface area contributed by atoms with Crippen LogP contribution in [0, 0.1) is 0 Å². The molecule has 3 aliphatic heterocycles. The average molecular weight is 355 g/mol. The van der Waals surface area contributed by atoms with E-state index >= 15 is 0 Å². The van der Waals surface area contributed by atoms with Gasteiger partial charge in [-0.15, -0.1) is 0 Å². The van der Waals surface area contributed by atoms with Crippen molar-refractivity contribution in [3.8, 4) is 0 Å². The molecule has 132 valence electrons. The number of rotatable bonds is 1. The number of hydrogen-bond acceptors (Lipinski definition) is 9. The third kappa shape index (κ3) is 2.48. The van der Waals surface area contributed by atoms with Gasteiger partial charge in [0, 0.05) is 27.2 Å². The minimum Gasteiger partial charge on any atom is -0.466 e. The summed E-state index contributed by atoms with van der Waals surface area (Å²) in [5, 5.41) is 5.17. The minimum atomic E-state index is -1.21. The molecule has 1 saturated heterocycles. The zero-order chi connectivity index (χ0) is 17.5. The summed E-state index contributed by atoms with van der Waals surface area (Å²) in [7, 11) is 4.83. The summed E-state index contributed by atoms with van der Waals surface area (Å²) in [6.07, 6.45) is 0. The summed E-state index contributed by atoms with van der Waals surface area (Å²) in [5.74, 6) is 0.485. The molecule has 1 atom stereocenters. The van der Waals surface area contributed by atoms with Crippen LogP contribution < -0.4 is 5.43 Å². The quantitative estimate of drug-likeness (QED) is 0.461.